The lowest BCUT2D eigenvalue weighted by molar-refractivity contribution is 0.298. The van der Waals surface area contributed by atoms with Crippen LogP contribution < -0.4 is 11.2 Å². The third-order valence-electron chi connectivity index (χ3n) is 6.81. The Morgan fingerprint density at radius 3 is 2.15 bits per heavy atom. The molecule has 3 aromatic rings. The van der Waals surface area contributed by atoms with Crippen LogP contribution in [-0.2, 0) is 0 Å². The molecule has 0 amide bonds. The van der Waals surface area contributed by atoms with E-state index in [-0.39, 0.29) is 23.4 Å². The van der Waals surface area contributed by atoms with Gasteiger partial charge in [0.1, 0.15) is 5.56 Å². The third-order valence-corrected chi connectivity index (χ3v) is 6.81. The Hall–Kier alpha value is -3.41. The zero-order valence-electron chi connectivity index (χ0n) is 19.7. The summed E-state index contributed by atoms with van der Waals surface area (Å²) < 4.78 is 1.37. The summed E-state index contributed by atoms with van der Waals surface area (Å²) in [6, 6.07) is 20.6. The lowest BCUT2D eigenvalue weighted by Crippen LogP contribution is -2.36. The van der Waals surface area contributed by atoms with E-state index in [1.807, 2.05) is 43.3 Å². The minimum absolute atomic E-state index is 0.0875. The van der Waals surface area contributed by atoms with E-state index >= 15 is 0 Å². The first-order chi connectivity index (χ1) is 16.6. The van der Waals surface area contributed by atoms with Crippen LogP contribution in [-0.4, -0.2) is 26.9 Å². The highest BCUT2D eigenvalue weighted by Gasteiger charge is 2.24. The number of H-pyrrole nitrogens is 1. The fourth-order valence-corrected chi connectivity index (χ4v) is 5.07. The normalized spacial score (nSPS) is 15.1. The molecular formula is C28H33N3O3. The molecule has 1 fully saturated rings. The Morgan fingerprint density at radius 1 is 1.00 bits per heavy atom. The summed E-state index contributed by atoms with van der Waals surface area (Å²) in [5.41, 5.74) is 1.98. The van der Waals surface area contributed by atoms with E-state index in [9.17, 15) is 14.7 Å². The minimum Gasteiger partial charge on any atom is -0.494 e. The Balaban J connectivity index is 1.63. The predicted molar refractivity (Wildman–Crippen MR) is 136 cm³/mol. The molecule has 4 rings (SSSR count). The molecule has 1 aromatic heterocycles. The second-order valence-corrected chi connectivity index (χ2v) is 8.96. The summed E-state index contributed by atoms with van der Waals surface area (Å²) in [5.74, 6) is -0.0729. The maximum absolute atomic E-state index is 12.7. The molecular weight excluding hydrogens is 426 g/mol. The third kappa shape index (κ3) is 5.22. The molecule has 2 N–H and O–H groups in total. The predicted octanol–water partition coefficient (Wildman–Crippen LogP) is 5.17. The number of hydrogen-bond acceptors (Lipinski definition) is 4. The van der Waals surface area contributed by atoms with Crippen LogP contribution in [0.4, 0.5) is 0 Å². The summed E-state index contributed by atoms with van der Waals surface area (Å²) >= 11 is 0. The maximum Gasteiger partial charge on any atom is 0.331 e. The maximum atomic E-state index is 12.7. The molecule has 0 bridgehead atoms. The van der Waals surface area contributed by atoms with Crippen molar-refractivity contribution >= 4 is 5.71 Å². The molecule has 1 aliphatic rings. The molecule has 0 spiro atoms. The number of nitrogens with one attached hydrogen (secondary N) is 1. The van der Waals surface area contributed by atoms with E-state index in [1.54, 1.807) is 0 Å². The molecule has 0 radical (unpaired) electrons. The van der Waals surface area contributed by atoms with E-state index in [2.05, 4.69) is 29.2 Å². The van der Waals surface area contributed by atoms with E-state index in [0.29, 0.717) is 18.7 Å². The number of nitrogens with zero attached hydrogens (tertiary/aromatic N) is 2. The summed E-state index contributed by atoms with van der Waals surface area (Å²) in [7, 11) is 0. The van der Waals surface area contributed by atoms with E-state index in [0.717, 1.165) is 38.5 Å². The van der Waals surface area contributed by atoms with Gasteiger partial charge in [-0.25, -0.2) is 4.79 Å². The van der Waals surface area contributed by atoms with Crippen molar-refractivity contribution in [2.45, 2.75) is 63.8 Å². The summed E-state index contributed by atoms with van der Waals surface area (Å²) in [6.07, 6.45) is 6.06. The second-order valence-electron chi connectivity index (χ2n) is 8.96. The smallest absolute Gasteiger partial charge is 0.331 e. The van der Waals surface area contributed by atoms with E-state index in [1.165, 1.54) is 15.7 Å². The Kier molecular flexibility index (Phi) is 7.78. The highest BCUT2D eigenvalue weighted by atomic mass is 16.3. The number of rotatable bonds is 8. The second kappa shape index (κ2) is 11.1. The van der Waals surface area contributed by atoms with Crippen LogP contribution in [0, 0.1) is 0 Å². The van der Waals surface area contributed by atoms with Gasteiger partial charge in [-0.05, 0) is 36.8 Å². The number of hydrogen-bond donors (Lipinski definition) is 2. The highest BCUT2D eigenvalue weighted by molar-refractivity contribution is 6.01. The van der Waals surface area contributed by atoms with Crippen molar-refractivity contribution in [2.24, 2.45) is 4.99 Å². The molecule has 2 aromatic carbocycles. The SMILES string of the molecule is CCC(=NCCC(c1ccccc1)c1ccccc1)c1c(O)n(C2CCCCC2)c(=O)[nH]c1=O. The Labute approximate surface area is 200 Å². The number of aromatic amines is 1. The monoisotopic (exact) mass is 459 g/mol. The van der Waals surface area contributed by atoms with Crippen LogP contribution in [0.1, 0.15) is 80.5 Å². The number of aliphatic imine (C=N–C) groups is 1. The van der Waals surface area contributed by atoms with Crippen molar-refractivity contribution in [3.8, 4) is 5.88 Å². The van der Waals surface area contributed by atoms with Crippen molar-refractivity contribution in [3.63, 3.8) is 0 Å². The van der Waals surface area contributed by atoms with Crippen molar-refractivity contribution < 1.29 is 5.11 Å². The molecule has 6 nitrogen and oxygen atoms in total. The van der Waals surface area contributed by atoms with Crippen LogP contribution in [0.3, 0.4) is 0 Å². The van der Waals surface area contributed by atoms with Gasteiger partial charge >= 0.3 is 5.69 Å². The van der Waals surface area contributed by atoms with Gasteiger partial charge in [-0.2, -0.15) is 0 Å². The van der Waals surface area contributed by atoms with Crippen LogP contribution in [0.15, 0.2) is 75.2 Å². The lowest BCUT2D eigenvalue weighted by Gasteiger charge is -2.25. The molecule has 178 valence electrons. The quantitative estimate of drug-likeness (QED) is 0.456. The first-order valence-corrected chi connectivity index (χ1v) is 12.3. The first kappa shape index (κ1) is 23.7. The van der Waals surface area contributed by atoms with Gasteiger partial charge in [0.05, 0.1) is 5.71 Å². The fraction of sp³-hybridized carbons (Fsp3) is 0.393. The van der Waals surface area contributed by atoms with Crippen LogP contribution in [0.25, 0.3) is 0 Å². The molecule has 0 unspecified atom stereocenters. The van der Waals surface area contributed by atoms with Crippen molar-refractivity contribution in [1.82, 2.24) is 9.55 Å². The number of benzene rings is 2. The largest absolute Gasteiger partial charge is 0.494 e. The van der Waals surface area contributed by atoms with Crippen LogP contribution >= 0.6 is 0 Å². The summed E-state index contributed by atoms with van der Waals surface area (Å²) in [6.45, 7) is 2.42. The number of aromatic nitrogens is 2. The van der Waals surface area contributed by atoms with Gasteiger partial charge in [-0.15, -0.1) is 0 Å². The van der Waals surface area contributed by atoms with Crippen molar-refractivity contribution in [1.29, 1.82) is 0 Å². The zero-order valence-corrected chi connectivity index (χ0v) is 19.7. The summed E-state index contributed by atoms with van der Waals surface area (Å²) in [5, 5.41) is 11.0. The molecule has 0 saturated heterocycles. The Bertz CT molecular complexity index is 1180. The average Bonchev–Trinajstić information content (AvgIpc) is 2.87. The van der Waals surface area contributed by atoms with Gasteiger partial charge in [-0.3, -0.25) is 19.3 Å². The van der Waals surface area contributed by atoms with Gasteiger partial charge in [0, 0.05) is 18.5 Å². The van der Waals surface area contributed by atoms with Gasteiger partial charge < -0.3 is 5.11 Å². The molecule has 1 aliphatic carbocycles. The fourth-order valence-electron chi connectivity index (χ4n) is 5.07. The standard InChI is InChI=1S/C28H33N3O3/c1-2-24(25-26(32)30-28(34)31(27(25)33)22-16-10-5-11-17-22)29-19-18-23(20-12-6-3-7-13-20)21-14-8-4-9-15-21/h3-4,6-9,12-15,22-23,33H,2,5,10-11,16-19H2,1H3,(H,30,32,34). The molecule has 0 atom stereocenters. The molecule has 34 heavy (non-hydrogen) atoms. The van der Waals surface area contributed by atoms with Crippen molar-refractivity contribution in [3.05, 3.63) is 98.2 Å². The van der Waals surface area contributed by atoms with Gasteiger partial charge in [0.15, 0.2) is 0 Å². The molecule has 1 heterocycles. The zero-order chi connectivity index (χ0) is 23.9. The van der Waals surface area contributed by atoms with E-state index in [4.69, 9.17) is 4.99 Å². The van der Waals surface area contributed by atoms with Gasteiger partial charge in [0.25, 0.3) is 5.56 Å². The molecule has 0 aliphatic heterocycles. The van der Waals surface area contributed by atoms with Crippen LogP contribution in [0.2, 0.25) is 0 Å². The average molecular weight is 460 g/mol. The minimum atomic E-state index is -0.571. The van der Waals surface area contributed by atoms with Crippen LogP contribution in [0.5, 0.6) is 5.88 Å². The highest BCUT2D eigenvalue weighted by Crippen LogP contribution is 2.31. The van der Waals surface area contributed by atoms with Gasteiger partial charge in [0.2, 0.25) is 5.88 Å². The lowest BCUT2D eigenvalue weighted by atomic mass is 9.88. The van der Waals surface area contributed by atoms with E-state index < -0.39 is 11.2 Å². The topological polar surface area (TPSA) is 87.4 Å². The molecule has 1 saturated carbocycles. The van der Waals surface area contributed by atoms with Gasteiger partial charge in [-0.1, -0.05) is 86.8 Å². The first-order valence-electron chi connectivity index (χ1n) is 12.3. The number of aromatic hydroxyl groups is 1. The van der Waals surface area contributed by atoms with Crippen molar-refractivity contribution in [2.75, 3.05) is 6.54 Å². The Morgan fingerprint density at radius 2 is 1.59 bits per heavy atom. The summed E-state index contributed by atoms with van der Waals surface area (Å²) in [4.78, 5) is 32.5. The molecule has 6 heteroatoms.